The van der Waals surface area contributed by atoms with Crippen LogP contribution in [0.2, 0.25) is 0 Å². The first kappa shape index (κ1) is 19.9. The molecule has 0 atom stereocenters. The van der Waals surface area contributed by atoms with Crippen LogP contribution in [0, 0.1) is 0 Å². The summed E-state index contributed by atoms with van der Waals surface area (Å²) in [5, 5.41) is 4.08. The third kappa shape index (κ3) is 3.41. The Bertz CT molecular complexity index is 1330. The number of halogens is 3. The Morgan fingerprint density at radius 2 is 1.78 bits per heavy atom. The molecule has 3 aromatic heterocycles. The lowest BCUT2D eigenvalue weighted by molar-refractivity contribution is -0.140. The Labute approximate surface area is 179 Å². The Morgan fingerprint density at radius 1 is 1.00 bits per heavy atom. The standard InChI is InChI=1S/C21H15F3N6O2/c1-29-18-16(11-26-29)32-9-8-30(20(18)31)13-4-2-12(3-5-13)19-25-10-15-14(28-19)6-7-17(27-15)21(22,23)24/h2-7,10-11H,8-9H2,1H3. The third-order valence-electron chi connectivity index (χ3n) is 5.09. The molecule has 162 valence electrons. The largest absolute Gasteiger partial charge is 0.488 e. The normalized spacial score (nSPS) is 14.2. The van der Waals surface area contributed by atoms with Gasteiger partial charge in [-0.3, -0.25) is 9.48 Å². The van der Waals surface area contributed by atoms with Crippen LogP contribution in [-0.4, -0.2) is 43.8 Å². The molecule has 0 N–H and O–H groups in total. The van der Waals surface area contributed by atoms with E-state index in [4.69, 9.17) is 4.74 Å². The molecule has 1 aromatic carbocycles. The molecule has 0 saturated heterocycles. The molecule has 0 aliphatic carbocycles. The van der Waals surface area contributed by atoms with E-state index in [1.54, 1.807) is 36.2 Å². The number of aryl methyl sites for hydroxylation is 1. The number of pyridine rings is 1. The summed E-state index contributed by atoms with van der Waals surface area (Å²) in [5.41, 5.74) is 1.05. The number of fused-ring (bicyclic) bond motifs is 2. The van der Waals surface area contributed by atoms with Gasteiger partial charge in [0.2, 0.25) is 0 Å². The second kappa shape index (κ2) is 7.29. The number of carbonyl (C=O) groups excluding carboxylic acids is 1. The van der Waals surface area contributed by atoms with E-state index in [0.717, 1.165) is 6.07 Å². The molecular weight excluding hydrogens is 425 g/mol. The molecule has 1 aliphatic rings. The number of nitrogens with zero attached hydrogens (tertiary/aromatic N) is 6. The zero-order valence-corrected chi connectivity index (χ0v) is 16.7. The molecule has 4 aromatic rings. The van der Waals surface area contributed by atoms with Crippen LogP contribution < -0.4 is 9.64 Å². The van der Waals surface area contributed by atoms with E-state index in [-0.39, 0.29) is 11.4 Å². The summed E-state index contributed by atoms with van der Waals surface area (Å²) in [6.45, 7) is 0.694. The quantitative estimate of drug-likeness (QED) is 0.475. The monoisotopic (exact) mass is 440 g/mol. The molecule has 11 heteroatoms. The van der Waals surface area contributed by atoms with E-state index in [2.05, 4.69) is 20.1 Å². The van der Waals surface area contributed by atoms with E-state index >= 15 is 0 Å². The summed E-state index contributed by atoms with van der Waals surface area (Å²) in [6.07, 6.45) is -1.75. The van der Waals surface area contributed by atoms with Gasteiger partial charge in [0.05, 0.1) is 24.5 Å². The summed E-state index contributed by atoms with van der Waals surface area (Å²) < 4.78 is 45.6. The molecule has 5 rings (SSSR count). The summed E-state index contributed by atoms with van der Waals surface area (Å²) in [4.78, 5) is 26.6. The minimum Gasteiger partial charge on any atom is -0.488 e. The summed E-state index contributed by atoms with van der Waals surface area (Å²) in [6, 6.07) is 9.17. The third-order valence-corrected chi connectivity index (χ3v) is 5.09. The lowest BCUT2D eigenvalue weighted by atomic mass is 10.1. The molecule has 0 saturated carbocycles. The van der Waals surface area contributed by atoms with Crippen LogP contribution in [0.4, 0.5) is 18.9 Å². The molecule has 0 radical (unpaired) electrons. The molecule has 0 fully saturated rings. The highest BCUT2D eigenvalue weighted by molar-refractivity contribution is 6.07. The van der Waals surface area contributed by atoms with Crippen LogP contribution in [0.3, 0.4) is 0 Å². The average molecular weight is 440 g/mol. The second-order valence-corrected chi connectivity index (χ2v) is 7.13. The van der Waals surface area contributed by atoms with Crippen molar-refractivity contribution in [1.82, 2.24) is 24.7 Å². The maximum absolute atomic E-state index is 13.0. The van der Waals surface area contributed by atoms with Crippen molar-refractivity contribution < 1.29 is 22.7 Å². The van der Waals surface area contributed by atoms with Gasteiger partial charge in [-0.15, -0.1) is 0 Å². The van der Waals surface area contributed by atoms with Crippen molar-refractivity contribution in [3.8, 4) is 17.1 Å². The van der Waals surface area contributed by atoms with Gasteiger partial charge in [-0.2, -0.15) is 18.3 Å². The fourth-order valence-corrected chi connectivity index (χ4v) is 3.50. The van der Waals surface area contributed by atoms with Gasteiger partial charge in [-0.25, -0.2) is 15.0 Å². The predicted molar refractivity (Wildman–Crippen MR) is 108 cm³/mol. The van der Waals surface area contributed by atoms with E-state index in [0.29, 0.717) is 47.2 Å². The number of hydrogen-bond donors (Lipinski definition) is 0. The predicted octanol–water partition coefficient (Wildman–Crippen LogP) is 3.48. The summed E-state index contributed by atoms with van der Waals surface area (Å²) in [5.74, 6) is 0.562. The highest BCUT2D eigenvalue weighted by Crippen LogP contribution is 2.30. The highest BCUT2D eigenvalue weighted by atomic mass is 19.4. The Morgan fingerprint density at radius 3 is 2.53 bits per heavy atom. The maximum Gasteiger partial charge on any atom is 0.433 e. The minimum atomic E-state index is -4.53. The zero-order valence-electron chi connectivity index (χ0n) is 16.7. The number of alkyl halides is 3. The van der Waals surface area contributed by atoms with Crippen LogP contribution in [0.1, 0.15) is 16.2 Å². The van der Waals surface area contributed by atoms with Crippen LogP contribution in [-0.2, 0) is 13.2 Å². The van der Waals surface area contributed by atoms with Crippen molar-refractivity contribution in [2.24, 2.45) is 7.05 Å². The first-order chi connectivity index (χ1) is 15.3. The van der Waals surface area contributed by atoms with Crippen molar-refractivity contribution >= 4 is 22.6 Å². The van der Waals surface area contributed by atoms with Crippen LogP contribution in [0.5, 0.6) is 5.75 Å². The first-order valence-electron chi connectivity index (χ1n) is 9.59. The lowest BCUT2D eigenvalue weighted by Gasteiger charge is -2.20. The average Bonchev–Trinajstić information content (AvgIpc) is 3.06. The van der Waals surface area contributed by atoms with Gasteiger partial charge in [0, 0.05) is 18.3 Å². The van der Waals surface area contributed by atoms with Gasteiger partial charge in [0.15, 0.2) is 17.3 Å². The van der Waals surface area contributed by atoms with Crippen molar-refractivity contribution in [2.45, 2.75) is 6.18 Å². The number of aromatic nitrogens is 5. The van der Waals surface area contributed by atoms with Gasteiger partial charge in [-0.05, 0) is 36.4 Å². The summed E-state index contributed by atoms with van der Waals surface area (Å²) >= 11 is 0. The topological polar surface area (TPSA) is 86.0 Å². The SMILES string of the molecule is Cn1ncc2c1C(=O)N(c1ccc(-c3ncc4nc(C(F)(F)F)ccc4n3)cc1)CCO2. The van der Waals surface area contributed by atoms with Gasteiger partial charge in [0.25, 0.3) is 5.91 Å². The van der Waals surface area contributed by atoms with E-state index in [1.807, 2.05) is 0 Å². The number of ether oxygens (including phenoxy) is 1. The Hall–Kier alpha value is -4.02. The summed E-state index contributed by atoms with van der Waals surface area (Å²) in [7, 11) is 1.68. The van der Waals surface area contributed by atoms with Gasteiger partial charge in [0.1, 0.15) is 17.8 Å². The number of rotatable bonds is 2. The Balaban J connectivity index is 1.44. The number of benzene rings is 1. The molecule has 0 spiro atoms. The van der Waals surface area contributed by atoms with Crippen molar-refractivity contribution in [3.05, 3.63) is 60.2 Å². The number of hydrogen-bond acceptors (Lipinski definition) is 6. The van der Waals surface area contributed by atoms with Crippen molar-refractivity contribution in [1.29, 1.82) is 0 Å². The van der Waals surface area contributed by atoms with E-state index in [1.165, 1.54) is 23.1 Å². The molecule has 32 heavy (non-hydrogen) atoms. The smallest absolute Gasteiger partial charge is 0.433 e. The molecule has 0 bridgehead atoms. The molecular formula is C21H15F3N6O2. The van der Waals surface area contributed by atoms with Gasteiger partial charge < -0.3 is 9.64 Å². The lowest BCUT2D eigenvalue weighted by Crippen LogP contribution is -2.33. The van der Waals surface area contributed by atoms with Gasteiger partial charge >= 0.3 is 6.18 Å². The van der Waals surface area contributed by atoms with Crippen LogP contribution >= 0.6 is 0 Å². The fraction of sp³-hybridized carbons (Fsp3) is 0.190. The molecule has 8 nitrogen and oxygen atoms in total. The van der Waals surface area contributed by atoms with Crippen LogP contribution in [0.15, 0.2) is 48.8 Å². The molecule has 4 heterocycles. The molecule has 1 amide bonds. The Kier molecular flexibility index (Phi) is 4.54. The number of amides is 1. The van der Waals surface area contributed by atoms with Crippen molar-refractivity contribution in [2.75, 3.05) is 18.1 Å². The van der Waals surface area contributed by atoms with Gasteiger partial charge in [-0.1, -0.05) is 0 Å². The second-order valence-electron chi connectivity index (χ2n) is 7.13. The van der Waals surface area contributed by atoms with Crippen molar-refractivity contribution in [3.63, 3.8) is 0 Å². The minimum absolute atomic E-state index is 0.0577. The fourth-order valence-electron chi connectivity index (χ4n) is 3.50. The van der Waals surface area contributed by atoms with Crippen LogP contribution in [0.25, 0.3) is 22.4 Å². The highest BCUT2D eigenvalue weighted by Gasteiger charge is 2.32. The molecule has 0 unspecified atom stereocenters. The number of anilines is 1. The number of carbonyl (C=O) groups is 1. The maximum atomic E-state index is 13.0. The van der Waals surface area contributed by atoms with E-state index in [9.17, 15) is 18.0 Å². The molecule has 1 aliphatic heterocycles. The van der Waals surface area contributed by atoms with E-state index < -0.39 is 11.9 Å². The zero-order chi connectivity index (χ0) is 22.5. The first-order valence-corrected chi connectivity index (χ1v) is 9.59.